The van der Waals surface area contributed by atoms with Crippen molar-refractivity contribution in [2.75, 3.05) is 12.3 Å². The summed E-state index contributed by atoms with van der Waals surface area (Å²) in [6.45, 7) is 2.35. The fourth-order valence-corrected chi connectivity index (χ4v) is 3.53. The van der Waals surface area contributed by atoms with Gasteiger partial charge in [0.15, 0.2) is 11.6 Å². The summed E-state index contributed by atoms with van der Waals surface area (Å²) in [5.41, 5.74) is 8.31. The Balaban J connectivity index is 1.66. The zero-order valence-corrected chi connectivity index (χ0v) is 12.0. The zero-order chi connectivity index (χ0) is 14.1. The van der Waals surface area contributed by atoms with Gasteiger partial charge in [-0.25, -0.2) is 4.39 Å². The van der Waals surface area contributed by atoms with E-state index in [-0.39, 0.29) is 5.75 Å². The van der Waals surface area contributed by atoms with Crippen molar-refractivity contribution in [3.63, 3.8) is 0 Å². The van der Waals surface area contributed by atoms with Gasteiger partial charge in [0.25, 0.3) is 0 Å². The maximum Gasteiger partial charge on any atom is 0.167 e. The molecule has 20 heavy (non-hydrogen) atoms. The number of benzene rings is 2. The number of hydrogen-bond donors (Lipinski definition) is 1. The van der Waals surface area contributed by atoms with E-state index in [0.29, 0.717) is 17.5 Å². The first-order chi connectivity index (χ1) is 9.63. The molecular weight excluding hydrogens is 273 g/mol. The molecule has 1 aliphatic rings. The van der Waals surface area contributed by atoms with Crippen molar-refractivity contribution in [1.82, 2.24) is 0 Å². The van der Waals surface area contributed by atoms with Gasteiger partial charge in [-0.1, -0.05) is 18.2 Å². The molecule has 104 valence electrons. The van der Waals surface area contributed by atoms with Crippen molar-refractivity contribution >= 4 is 17.4 Å². The second kappa shape index (κ2) is 5.37. The summed E-state index contributed by atoms with van der Waals surface area (Å²) < 4.78 is 19.4. The molecule has 2 aromatic rings. The maximum atomic E-state index is 13.8. The van der Waals surface area contributed by atoms with Crippen LogP contribution in [0.4, 0.5) is 10.1 Å². The number of rotatable bonds is 3. The molecule has 0 saturated heterocycles. The minimum atomic E-state index is -0.395. The molecule has 0 fully saturated rings. The molecule has 1 aliphatic heterocycles. The molecule has 0 amide bonds. The van der Waals surface area contributed by atoms with Gasteiger partial charge in [-0.15, -0.1) is 11.8 Å². The van der Waals surface area contributed by atoms with E-state index in [1.807, 2.05) is 19.1 Å². The molecule has 0 radical (unpaired) electrons. The van der Waals surface area contributed by atoms with Crippen molar-refractivity contribution in [3.05, 3.63) is 53.3 Å². The van der Waals surface area contributed by atoms with Gasteiger partial charge >= 0.3 is 0 Å². The van der Waals surface area contributed by atoms with Gasteiger partial charge in [-0.05, 0) is 36.6 Å². The Kier molecular flexibility index (Phi) is 3.57. The van der Waals surface area contributed by atoms with E-state index in [1.54, 1.807) is 17.8 Å². The second-order valence-corrected chi connectivity index (χ2v) is 6.34. The lowest BCUT2D eigenvalue weighted by molar-refractivity contribution is 0.301. The van der Waals surface area contributed by atoms with E-state index >= 15 is 0 Å². The number of halogens is 1. The quantitative estimate of drug-likeness (QED) is 0.873. The Morgan fingerprint density at radius 1 is 1.35 bits per heavy atom. The summed E-state index contributed by atoms with van der Waals surface area (Å²) in [7, 11) is 0. The molecule has 2 aromatic carbocycles. The molecule has 1 atom stereocenters. The van der Waals surface area contributed by atoms with Crippen LogP contribution in [-0.2, 0) is 6.42 Å². The summed E-state index contributed by atoms with van der Waals surface area (Å²) in [4.78, 5) is 1.30. The summed E-state index contributed by atoms with van der Waals surface area (Å²) >= 11 is 1.80. The maximum absolute atomic E-state index is 13.8. The third-order valence-electron chi connectivity index (χ3n) is 3.46. The largest absolute Gasteiger partial charge is 0.489 e. The first-order valence-corrected chi connectivity index (χ1v) is 7.44. The molecule has 1 unspecified atom stereocenters. The predicted octanol–water partition coefficient (Wildman–Crippen LogP) is 3.81. The van der Waals surface area contributed by atoms with Crippen molar-refractivity contribution in [2.24, 2.45) is 0 Å². The average Bonchev–Trinajstić information content (AvgIpc) is 2.84. The second-order valence-electron chi connectivity index (χ2n) is 5.00. The van der Waals surface area contributed by atoms with Crippen LogP contribution in [-0.4, -0.2) is 11.9 Å². The highest BCUT2D eigenvalue weighted by Crippen LogP contribution is 2.37. The van der Waals surface area contributed by atoms with Gasteiger partial charge < -0.3 is 10.5 Å². The Morgan fingerprint density at radius 2 is 2.15 bits per heavy atom. The van der Waals surface area contributed by atoms with E-state index in [9.17, 15) is 4.39 Å². The van der Waals surface area contributed by atoms with Gasteiger partial charge in [-0.2, -0.15) is 0 Å². The Morgan fingerprint density at radius 3 is 2.95 bits per heavy atom. The number of thioether (sulfide) groups is 1. The van der Waals surface area contributed by atoms with Crippen LogP contribution < -0.4 is 10.5 Å². The SMILES string of the molecule is Cc1cc(OCC2Cc3ccccc3S2)c(F)cc1N. The van der Waals surface area contributed by atoms with Crippen LogP contribution in [0.1, 0.15) is 11.1 Å². The highest BCUT2D eigenvalue weighted by Gasteiger charge is 2.22. The molecular formula is C16H16FNOS. The lowest BCUT2D eigenvalue weighted by atomic mass is 10.1. The van der Waals surface area contributed by atoms with Gasteiger partial charge in [0, 0.05) is 21.9 Å². The molecule has 0 aromatic heterocycles. The average molecular weight is 289 g/mol. The van der Waals surface area contributed by atoms with Crippen molar-refractivity contribution in [3.8, 4) is 5.75 Å². The zero-order valence-electron chi connectivity index (χ0n) is 11.2. The van der Waals surface area contributed by atoms with E-state index < -0.39 is 5.82 Å². The van der Waals surface area contributed by atoms with E-state index in [1.165, 1.54) is 16.5 Å². The Hall–Kier alpha value is -1.68. The van der Waals surface area contributed by atoms with E-state index in [0.717, 1.165) is 12.0 Å². The lowest BCUT2D eigenvalue weighted by Gasteiger charge is -2.13. The van der Waals surface area contributed by atoms with E-state index in [4.69, 9.17) is 10.5 Å². The number of hydrogen-bond acceptors (Lipinski definition) is 3. The smallest absolute Gasteiger partial charge is 0.167 e. The number of anilines is 1. The number of ether oxygens (including phenoxy) is 1. The lowest BCUT2D eigenvalue weighted by Crippen LogP contribution is -2.14. The van der Waals surface area contributed by atoms with Crippen LogP contribution in [0.5, 0.6) is 5.75 Å². The monoisotopic (exact) mass is 289 g/mol. The van der Waals surface area contributed by atoms with Gasteiger partial charge in [0.1, 0.15) is 6.61 Å². The van der Waals surface area contributed by atoms with Crippen molar-refractivity contribution in [1.29, 1.82) is 0 Å². The van der Waals surface area contributed by atoms with Gasteiger partial charge in [-0.3, -0.25) is 0 Å². The van der Waals surface area contributed by atoms with Crippen LogP contribution in [0.2, 0.25) is 0 Å². The molecule has 2 nitrogen and oxygen atoms in total. The molecule has 1 heterocycles. The normalized spacial score (nSPS) is 17.0. The van der Waals surface area contributed by atoms with Crippen molar-refractivity contribution < 1.29 is 9.13 Å². The van der Waals surface area contributed by atoms with Crippen molar-refractivity contribution in [2.45, 2.75) is 23.5 Å². The number of nitrogens with two attached hydrogens (primary N) is 1. The number of aryl methyl sites for hydroxylation is 1. The van der Waals surface area contributed by atoms with Crippen LogP contribution >= 0.6 is 11.8 Å². The van der Waals surface area contributed by atoms with E-state index in [2.05, 4.69) is 12.1 Å². The first-order valence-electron chi connectivity index (χ1n) is 6.56. The Labute approximate surface area is 122 Å². The summed E-state index contributed by atoms with van der Waals surface area (Å²) in [5.74, 6) is -0.109. The molecule has 0 saturated carbocycles. The minimum absolute atomic E-state index is 0.285. The van der Waals surface area contributed by atoms with Crippen LogP contribution in [0.15, 0.2) is 41.3 Å². The van der Waals surface area contributed by atoms with Crippen LogP contribution in [0.25, 0.3) is 0 Å². The highest BCUT2D eigenvalue weighted by molar-refractivity contribution is 8.00. The molecule has 0 aliphatic carbocycles. The third kappa shape index (κ3) is 2.61. The fraction of sp³-hybridized carbons (Fsp3) is 0.250. The summed E-state index contributed by atoms with van der Waals surface area (Å²) in [6.07, 6.45) is 0.969. The van der Waals surface area contributed by atoms with Crippen LogP contribution in [0, 0.1) is 12.7 Å². The standard InChI is InChI=1S/C16H16FNOS/c1-10-6-15(13(17)8-14(10)18)19-9-12-7-11-4-2-3-5-16(11)20-12/h2-6,8,12H,7,9,18H2,1H3. The molecule has 0 spiro atoms. The molecule has 4 heteroatoms. The third-order valence-corrected chi connectivity index (χ3v) is 4.75. The predicted molar refractivity (Wildman–Crippen MR) is 80.8 cm³/mol. The first kappa shape index (κ1) is 13.3. The molecule has 3 rings (SSSR count). The topological polar surface area (TPSA) is 35.2 Å². The Bertz CT molecular complexity index is 619. The van der Waals surface area contributed by atoms with Gasteiger partial charge in [0.2, 0.25) is 0 Å². The van der Waals surface area contributed by atoms with Gasteiger partial charge in [0.05, 0.1) is 0 Å². The minimum Gasteiger partial charge on any atom is -0.489 e. The summed E-state index contributed by atoms with van der Waals surface area (Å²) in [6, 6.07) is 11.3. The number of nitrogen functional groups attached to an aromatic ring is 1. The molecule has 2 N–H and O–H groups in total. The summed E-state index contributed by atoms with van der Waals surface area (Å²) in [5, 5.41) is 0.338. The number of fused-ring (bicyclic) bond motifs is 1. The van der Waals surface area contributed by atoms with Crippen LogP contribution in [0.3, 0.4) is 0 Å². The molecule has 0 bridgehead atoms. The fourth-order valence-electron chi connectivity index (χ4n) is 2.31. The highest BCUT2D eigenvalue weighted by atomic mass is 32.2.